The molecule has 2 aromatic rings. The van der Waals surface area contributed by atoms with Crippen LogP contribution in [0, 0.1) is 25.5 Å². The molecule has 1 N–H and O–H groups in total. The number of rotatable bonds is 7. The van der Waals surface area contributed by atoms with Crippen molar-refractivity contribution in [2.24, 2.45) is 0 Å². The van der Waals surface area contributed by atoms with Gasteiger partial charge in [0.2, 0.25) is 0 Å². The highest BCUT2D eigenvalue weighted by atomic mass is 19.1. The Bertz CT molecular complexity index is 788. The minimum Gasteiger partial charge on any atom is -0.493 e. The average molecular weight is 363 g/mol. The number of nitrogens with one attached hydrogen (secondary N) is 1. The molecule has 0 radical (unpaired) electrons. The second-order valence-electron chi connectivity index (χ2n) is 5.73. The van der Waals surface area contributed by atoms with Crippen molar-refractivity contribution < 1.29 is 27.8 Å². The van der Waals surface area contributed by atoms with Gasteiger partial charge in [-0.15, -0.1) is 0 Å². The van der Waals surface area contributed by atoms with Crippen LogP contribution in [0.5, 0.6) is 5.75 Å². The third-order valence-corrected chi connectivity index (χ3v) is 3.42. The van der Waals surface area contributed by atoms with Gasteiger partial charge in [0.1, 0.15) is 17.4 Å². The van der Waals surface area contributed by atoms with Crippen LogP contribution in [0.25, 0.3) is 0 Å². The molecule has 26 heavy (non-hydrogen) atoms. The molecule has 0 bridgehead atoms. The summed E-state index contributed by atoms with van der Waals surface area (Å²) < 4.78 is 36.4. The molecule has 0 saturated heterocycles. The van der Waals surface area contributed by atoms with Gasteiger partial charge in [0, 0.05) is 11.8 Å². The van der Waals surface area contributed by atoms with Crippen molar-refractivity contribution in [3.63, 3.8) is 0 Å². The lowest BCUT2D eigenvalue weighted by atomic mass is 10.1. The quantitative estimate of drug-likeness (QED) is 0.765. The van der Waals surface area contributed by atoms with E-state index >= 15 is 0 Å². The molecule has 7 heteroatoms. The Balaban J connectivity index is 1.72. The van der Waals surface area contributed by atoms with Crippen LogP contribution in [-0.2, 0) is 14.3 Å². The number of carbonyl (C=O) groups excluding carboxylic acids is 2. The molecule has 0 spiro atoms. The van der Waals surface area contributed by atoms with Gasteiger partial charge in [-0.1, -0.05) is 12.1 Å². The van der Waals surface area contributed by atoms with Crippen molar-refractivity contribution >= 4 is 17.6 Å². The minimum atomic E-state index is -0.819. The summed E-state index contributed by atoms with van der Waals surface area (Å²) in [5.74, 6) is -2.26. The first kappa shape index (κ1) is 19.4. The zero-order chi connectivity index (χ0) is 19.1. The number of benzene rings is 2. The van der Waals surface area contributed by atoms with Gasteiger partial charge < -0.3 is 14.8 Å². The molecule has 2 aromatic carbocycles. The van der Waals surface area contributed by atoms with Crippen LogP contribution in [0.15, 0.2) is 36.4 Å². The largest absolute Gasteiger partial charge is 0.493 e. The predicted octanol–water partition coefficient (Wildman–Crippen LogP) is 3.53. The van der Waals surface area contributed by atoms with Crippen LogP contribution in [0.1, 0.15) is 17.5 Å². The van der Waals surface area contributed by atoms with E-state index in [0.29, 0.717) is 11.8 Å². The maximum absolute atomic E-state index is 13.0. The Morgan fingerprint density at radius 2 is 1.73 bits per heavy atom. The zero-order valence-corrected chi connectivity index (χ0v) is 14.5. The van der Waals surface area contributed by atoms with Crippen molar-refractivity contribution in [3.8, 4) is 5.75 Å². The smallest absolute Gasteiger partial charge is 0.309 e. The van der Waals surface area contributed by atoms with Crippen LogP contribution in [0.3, 0.4) is 0 Å². The molecular formula is C19H19F2NO4. The lowest BCUT2D eigenvalue weighted by Gasteiger charge is -2.10. The van der Waals surface area contributed by atoms with E-state index in [1.54, 1.807) is 0 Å². The molecule has 0 aromatic heterocycles. The Labute approximate surface area is 149 Å². The summed E-state index contributed by atoms with van der Waals surface area (Å²) >= 11 is 0. The maximum atomic E-state index is 13.0. The number of hydrogen-bond donors (Lipinski definition) is 1. The second kappa shape index (κ2) is 8.94. The number of amides is 1. The summed E-state index contributed by atoms with van der Waals surface area (Å²) in [6, 6.07) is 8.35. The highest BCUT2D eigenvalue weighted by Crippen LogP contribution is 2.19. The molecule has 0 saturated carbocycles. The first-order valence-electron chi connectivity index (χ1n) is 7.95. The van der Waals surface area contributed by atoms with Gasteiger partial charge in [-0.25, -0.2) is 8.78 Å². The molecule has 0 aliphatic heterocycles. The number of hydrogen-bond acceptors (Lipinski definition) is 4. The average Bonchev–Trinajstić information content (AvgIpc) is 2.55. The third-order valence-electron chi connectivity index (χ3n) is 3.42. The molecule has 0 atom stereocenters. The summed E-state index contributed by atoms with van der Waals surface area (Å²) in [4.78, 5) is 23.3. The van der Waals surface area contributed by atoms with E-state index in [1.165, 1.54) is 0 Å². The van der Waals surface area contributed by atoms with Crippen molar-refractivity contribution in [1.82, 2.24) is 0 Å². The van der Waals surface area contributed by atoms with Crippen molar-refractivity contribution in [2.75, 3.05) is 18.5 Å². The lowest BCUT2D eigenvalue weighted by Crippen LogP contribution is -2.21. The van der Waals surface area contributed by atoms with Crippen LogP contribution in [0.4, 0.5) is 14.5 Å². The van der Waals surface area contributed by atoms with Gasteiger partial charge >= 0.3 is 5.97 Å². The molecule has 138 valence electrons. The zero-order valence-electron chi connectivity index (χ0n) is 14.5. The number of halogens is 2. The molecule has 0 heterocycles. The van der Waals surface area contributed by atoms with Crippen LogP contribution >= 0.6 is 0 Å². The number of anilines is 1. The molecule has 0 fully saturated rings. The SMILES string of the molecule is Cc1ccc(C)c(OCCC(=O)OCC(=O)Nc2cc(F)cc(F)c2)c1. The molecule has 0 aliphatic rings. The second-order valence-corrected chi connectivity index (χ2v) is 5.73. The summed E-state index contributed by atoms with van der Waals surface area (Å²) in [7, 11) is 0. The van der Waals surface area contributed by atoms with Gasteiger partial charge in [0.15, 0.2) is 6.61 Å². The lowest BCUT2D eigenvalue weighted by molar-refractivity contribution is -0.147. The fourth-order valence-corrected chi connectivity index (χ4v) is 2.15. The summed E-state index contributed by atoms with van der Waals surface area (Å²) in [5.41, 5.74) is 1.94. The molecular weight excluding hydrogens is 344 g/mol. The Hall–Kier alpha value is -2.96. The number of ether oxygens (including phenoxy) is 2. The van der Waals surface area contributed by atoms with E-state index < -0.39 is 30.1 Å². The fraction of sp³-hybridized carbons (Fsp3) is 0.263. The first-order chi connectivity index (χ1) is 12.3. The minimum absolute atomic E-state index is 0.0325. The first-order valence-corrected chi connectivity index (χ1v) is 7.95. The van der Waals surface area contributed by atoms with E-state index in [9.17, 15) is 18.4 Å². The van der Waals surface area contributed by atoms with E-state index in [1.807, 2.05) is 32.0 Å². The van der Waals surface area contributed by atoms with Crippen LogP contribution in [0.2, 0.25) is 0 Å². The van der Waals surface area contributed by atoms with Crippen molar-refractivity contribution in [1.29, 1.82) is 0 Å². The van der Waals surface area contributed by atoms with Crippen molar-refractivity contribution in [2.45, 2.75) is 20.3 Å². The van der Waals surface area contributed by atoms with Gasteiger partial charge in [0.05, 0.1) is 13.0 Å². The monoisotopic (exact) mass is 363 g/mol. The van der Waals surface area contributed by atoms with Crippen molar-refractivity contribution in [3.05, 3.63) is 59.2 Å². The van der Waals surface area contributed by atoms with Gasteiger partial charge in [-0.3, -0.25) is 9.59 Å². The molecule has 0 unspecified atom stereocenters. The molecule has 0 aliphatic carbocycles. The van der Waals surface area contributed by atoms with Gasteiger partial charge in [-0.05, 0) is 43.2 Å². The highest BCUT2D eigenvalue weighted by molar-refractivity contribution is 5.92. The normalized spacial score (nSPS) is 10.3. The number of carbonyl (C=O) groups is 2. The Morgan fingerprint density at radius 3 is 2.42 bits per heavy atom. The molecule has 1 amide bonds. The third kappa shape index (κ3) is 6.16. The molecule has 2 rings (SSSR count). The fourth-order valence-electron chi connectivity index (χ4n) is 2.15. The van der Waals surface area contributed by atoms with Crippen LogP contribution < -0.4 is 10.1 Å². The Morgan fingerprint density at radius 1 is 1.04 bits per heavy atom. The molecule has 5 nitrogen and oxygen atoms in total. The summed E-state index contributed by atoms with van der Waals surface area (Å²) in [6.07, 6.45) is -0.0325. The predicted molar refractivity (Wildman–Crippen MR) is 92.0 cm³/mol. The topological polar surface area (TPSA) is 64.6 Å². The van der Waals surface area contributed by atoms with E-state index in [-0.39, 0.29) is 18.7 Å². The number of esters is 1. The standard InChI is InChI=1S/C19H19F2NO4/c1-12-3-4-13(2)17(7-12)25-6-5-19(24)26-11-18(23)22-16-9-14(20)8-15(21)10-16/h3-4,7-10H,5-6,11H2,1-2H3,(H,22,23). The van der Waals surface area contributed by atoms with Gasteiger partial charge in [0.25, 0.3) is 5.91 Å². The Kier molecular flexibility index (Phi) is 6.66. The highest BCUT2D eigenvalue weighted by Gasteiger charge is 2.10. The summed E-state index contributed by atoms with van der Waals surface area (Å²) in [5, 5.41) is 2.25. The van der Waals surface area contributed by atoms with E-state index in [0.717, 1.165) is 23.3 Å². The van der Waals surface area contributed by atoms with Gasteiger partial charge in [-0.2, -0.15) is 0 Å². The maximum Gasteiger partial charge on any atom is 0.309 e. The van der Waals surface area contributed by atoms with E-state index in [2.05, 4.69) is 5.32 Å². The van der Waals surface area contributed by atoms with E-state index in [4.69, 9.17) is 9.47 Å². The summed E-state index contributed by atoms with van der Waals surface area (Å²) in [6.45, 7) is 3.39. The van der Waals surface area contributed by atoms with Crippen LogP contribution in [-0.4, -0.2) is 25.1 Å². The number of aryl methyl sites for hydroxylation is 2.